The van der Waals surface area contributed by atoms with E-state index in [9.17, 15) is 9.59 Å². The summed E-state index contributed by atoms with van der Waals surface area (Å²) in [4.78, 5) is 30.8. The first-order chi connectivity index (χ1) is 17.7. The first-order valence-electron chi connectivity index (χ1n) is 14.4. The Hall–Kier alpha value is -1.79. The van der Waals surface area contributed by atoms with E-state index < -0.39 is 0 Å². The molecule has 2 amide bonds. The van der Waals surface area contributed by atoms with Gasteiger partial charge in [0.05, 0.1) is 5.54 Å². The summed E-state index contributed by atoms with van der Waals surface area (Å²) in [5.41, 5.74) is 1.00. The van der Waals surface area contributed by atoms with Gasteiger partial charge in [-0.05, 0) is 94.4 Å². The maximum absolute atomic E-state index is 14.0. The Morgan fingerprint density at radius 3 is 2.35 bits per heavy atom. The fourth-order valence-corrected chi connectivity index (χ4v) is 7.80. The van der Waals surface area contributed by atoms with Gasteiger partial charge in [0.15, 0.2) is 0 Å². The number of rotatable bonds is 6. The highest BCUT2D eigenvalue weighted by atomic mass is 35.5. The van der Waals surface area contributed by atoms with Gasteiger partial charge < -0.3 is 15.0 Å². The van der Waals surface area contributed by atoms with Crippen LogP contribution < -0.4 is 5.32 Å². The lowest BCUT2D eigenvalue weighted by atomic mass is 9.63. The number of cyclic esters (lactones) is 1. The van der Waals surface area contributed by atoms with Crippen molar-refractivity contribution < 1.29 is 14.3 Å². The fourth-order valence-electron chi connectivity index (χ4n) is 7.68. The number of piperidine rings is 1. The van der Waals surface area contributed by atoms with Crippen molar-refractivity contribution in [3.63, 3.8) is 0 Å². The molecule has 0 unspecified atom stereocenters. The Labute approximate surface area is 227 Å². The number of halogens is 1. The SMILES string of the molecule is CN[C@@H]1C[C@H](c2ccc(Cl)cc2)[C@H](C(=O)N2CCC(CN3C(=O)OCC3(C)C)(C3CCCCC3)CC2)C1. The predicted octanol–water partition coefficient (Wildman–Crippen LogP) is 5.84. The van der Waals surface area contributed by atoms with E-state index in [0.29, 0.717) is 24.5 Å². The molecule has 7 heteroatoms. The molecule has 0 aromatic heterocycles. The van der Waals surface area contributed by atoms with Gasteiger partial charge in [0.1, 0.15) is 6.61 Å². The van der Waals surface area contributed by atoms with Crippen LogP contribution in [0.2, 0.25) is 5.02 Å². The molecule has 6 nitrogen and oxygen atoms in total. The third kappa shape index (κ3) is 5.38. The average molecular weight is 530 g/mol. The van der Waals surface area contributed by atoms with Crippen molar-refractivity contribution in [3.8, 4) is 0 Å². The van der Waals surface area contributed by atoms with Gasteiger partial charge >= 0.3 is 6.09 Å². The van der Waals surface area contributed by atoms with Crippen molar-refractivity contribution in [1.29, 1.82) is 0 Å². The lowest BCUT2D eigenvalue weighted by molar-refractivity contribution is -0.139. The number of nitrogens with one attached hydrogen (secondary N) is 1. The zero-order valence-corrected chi connectivity index (χ0v) is 23.6. The summed E-state index contributed by atoms with van der Waals surface area (Å²) in [6.45, 7) is 7.00. The molecule has 4 fully saturated rings. The summed E-state index contributed by atoms with van der Waals surface area (Å²) in [6, 6.07) is 8.41. The Kier molecular flexibility index (Phi) is 7.80. The van der Waals surface area contributed by atoms with Crippen LogP contribution in [0.5, 0.6) is 0 Å². The molecule has 1 N–H and O–H groups in total. The molecule has 1 aromatic rings. The summed E-state index contributed by atoms with van der Waals surface area (Å²) in [6.07, 6.45) is 9.96. The van der Waals surface area contributed by atoms with Gasteiger partial charge in [0.25, 0.3) is 0 Å². The van der Waals surface area contributed by atoms with Crippen LogP contribution in [0.15, 0.2) is 24.3 Å². The largest absolute Gasteiger partial charge is 0.447 e. The second-order valence-corrected chi connectivity index (χ2v) is 13.1. The van der Waals surface area contributed by atoms with Crippen LogP contribution in [0.3, 0.4) is 0 Å². The lowest BCUT2D eigenvalue weighted by Gasteiger charge is -2.51. The number of carbonyl (C=O) groups excluding carboxylic acids is 2. The molecule has 2 saturated heterocycles. The molecule has 2 saturated carbocycles. The van der Waals surface area contributed by atoms with Gasteiger partial charge in [0, 0.05) is 36.6 Å². The fraction of sp³-hybridized carbons (Fsp3) is 0.733. The molecule has 37 heavy (non-hydrogen) atoms. The second kappa shape index (κ2) is 10.8. The molecule has 0 bridgehead atoms. The van der Waals surface area contributed by atoms with Gasteiger partial charge in [-0.1, -0.05) is 43.0 Å². The number of carbonyl (C=O) groups is 2. The number of amides is 2. The maximum atomic E-state index is 14.0. The smallest absolute Gasteiger partial charge is 0.410 e. The van der Waals surface area contributed by atoms with Crippen LogP contribution in [-0.2, 0) is 9.53 Å². The average Bonchev–Trinajstić information content (AvgIpc) is 3.46. The number of hydrogen-bond acceptors (Lipinski definition) is 4. The highest BCUT2D eigenvalue weighted by Crippen LogP contribution is 2.49. The Balaban J connectivity index is 1.32. The van der Waals surface area contributed by atoms with Gasteiger partial charge in [0.2, 0.25) is 5.91 Å². The number of ether oxygens (including phenoxy) is 1. The Morgan fingerprint density at radius 2 is 1.76 bits per heavy atom. The van der Waals surface area contributed by atoms with Crippen molar-refractivity contribution in [2.24, 2.45) is 17.3 Å². The minimum absolute atomic E-state index is 0.00620. The third-order valence-corrected chi connectivity index (χ3v) is 10.4. The predicted molar refractivity (Wildman–Crippen MR) is 147 cm³/mol. The molecule has 2 aliphatic heterocycles. The molecular weight excluding hydrogens is 486 g/mol. The summed E-state index contributed by atoms with van der Waals surface area (Å²) in [5.74, 6) is 1.13. The van der Waals surface area contributed by atoms with Crippen LogP contribution in [0.1, 0.15) is 83.1 Å². The van der Waals surface area contributed by atoms with E-state index in [1.54, 1.807) is 0 Å². The van der Waals surface area contributed by atoms with Gasteiger partial charge in [-0.25, -0.2) is 4.79 Å². The van der Waals surface area contributed by atoms with E-state index in [-0.39, 0.29) is 28.9 Å². The minimum Gasteiger partial charge on any atom is -0.447 e. The van der Waals surface area contributed by atoms with Crippen LogP contribution in [0, 0.1) is 17.3 Å². The minimum atomic E-state index is -0.274. The molecule has 1 aromatic carbocycles. The summed E-state index contributed by atoms with van der Waals surface area (Å²) >= 11 is 6.15. The van der Waals surface area contributed by atoms with Crippen LogP contribution >= 0.6 is 11.6 Å². The van der Waals surface area contributed by atoms with E-state index in [1.807, 2.05) is 24.1 Å². The molecule has 5 rings (SSSR count). The maximum Gasteiger partial charge on any atom is 0.410 e. The molecule has 4 aliphatic rings. The molecule has 0 spiro atoms. The van der Waals surface area contributed by atoms with Crippen LogP contribution in [0.25, 0.3) is 0 Å². The Morgan fingerprint density at radius 1 is 1.08 bits per heavy atom. The first-order valence-corrected chi connectivity index (χ1v) is 14.8. The quantitative estimate of drug-likeness (QED) is 0.502. The topological polar surface area (TPSA) is 61.9 Å². The zero-order chi connectivity index (χ0) is 26.2. The summed E-state index contributed by atoms with van der Waals surface area (Å²) in [7, 11) is 2.00. The van der Waals surface area contributed by atoms with Crippen molar-refractivity contribution >= 4 is 23.6 Å². The summed E-state index contributed by atoms with van der Waals surface area (Å²) < 4.78 is 5.47. The molecule has 2 aliphatic carbocycles. The van der Waals surface area contributed by atoms with Crippen molar-refractivity contribution in [3.05, 3.63) is 34.9 Å². The lowest BCUT2D eigenvalue weighted by Crippen LogP contribution is -2.55. The first kappa shape index (κ1) is 26.8. The zero-order valence-electron chi connectivity index (χ0n) is 22.8. The number of nitrogens with zero attached hydrogens (tertiary/aromatic N) is 2. The van der Waals surface area contributed by atoms with E-state index in [4.69, 9.17) is 16.3 Å². The van der Waals surface area contributed by atoms with Gasteiger partial charge in [-0.2, -0.15) is 0 Å². The highest BCUT2D eigenvalue weighted by molar-refractivity contribution is 6.30. The second-order valence-electron chi connectivity index (χ2n) is 12.7. The Bertz CT molecular complexity index is 967. The molecule has 0 radical (unpaired) electrons. The standard InChI is InChI=1S/C30H44ClN3O3/c1-29(2)20-37-28(36)34(29)19-30(22-7-5-4-6-8-22)13-15-33(16-14-30)27(35)26-18-24(32-3)17-25(26)21-9-11-23(31)12-10-21/h9-12,22,24-26,32H,4-8,13-20H2,1-3H3/t24-,25-,26-/m1/s1. The monoisotopic (exact) mass is 529 g/mol. The highest BCUT2D eigenvalue weighted by Gasteiger charge is 2.50. The molecule has 204 valence electrons. The van der Waals surface area contributed by atoms with Crippen molar-refractivity contribution in [1.82, 2.24) is 15.1 Å². The van der Waals surface area contributed by atoms with E-state index in [0.717, 1.165) is 50.3 Å². The van der Waals surface area contributed by atoms with E-state index in [2.05, 4.69) is 36.2 Å². The third-order valence-electron chi connectivity index (χ3n) is 10.1. The number of likely N-dealkylation sites (tertiary alicyclic amines) is 1. The van der Waals surface area contributed by atoms with E-state index in [1.165, 1.54) is 37.7 Å². The van der Waals surface area contributed by atoms with Crippen molar-refractivity contribution in [2.45, 2.75) is 89.1 Å². The normalized spacial score (nSPS) is 29.9. The van der Waals surface area contributed by atoms with Crippen LogP contribution in [-0.4, -0.2) is 66.7 Å². The van der Waals surface area contributed by atoms with E-state index >= 15 is 0 Å². The van der Waals surface area contributed by atoms with Gasteiger partial charge in [-0.3, -0.25) is 9.69 Å². The number of benzene rings is 1. The number of hydrogen-bond donors (Lipinski definition) is 1. The van der Waals surface area contributed by atoms with Gasteiger partial charge in [-0.15, -0.1) is 0 Å². The molecule has 2 heterocycles. The summed E-state index contributed by atoms with van der Waals surface area (Å²) in [5, 5.41) is 4.16. The molecular formula is C30H44ClN3O3. The van der Waals surface area contributed by atoms with Crippen molar-refractivity contribution in [2.75, 3.05) is 33.3 Å². The van der Waals surface area contributed by atoms with Crippen LogP contribution in [0.4, 0.5) is 4.79 Å². The molecule has 3 atom stereocenters.